The highest BCUT2D eigenvalue weighted by molar-refractivity contribution is 6.74. The Morgan fingerprint density at radius 1 is 1.43 bits per heavy atom. The van der Waals surface area contributed by atoms with Gasteiger partial charge in [0.1, 0.15) is 17.5 Å². The molecule has 126 valence electrons. The van der Waals surface area contributed by atoms with Gasteiger partial charge in [-0.2, -0.15) is 9.65 Å². The molecule has 0 saturated carbocycles. The molecule has 0 aliphatic carbocycles. The first-order valence-electron chi connectivity index (χ1n) is 8.09. The maximum absolute atomic E-state index is 13.7. The van der Waals surface area contributed by atoms with Gasteiger partial charge in [0.2, 0.25) is 5.95 Å². The molecular formula is C17H26FN3OSi. The molecule has 6 heteroatoms. The molecule has 1 fully saturated rings. The summed E-state index contributed by atoms with van der Waals surface area (Å²) in [5.41, 5.74) is -0.00856. The van der Waals surface area contributed by atoms with Crippen LogP contribution in [0.15, 0.2) is 12.1 Å². The fraction of sp³-hybridized carbons (Fsp3) is 0.647. The van der Waals surface area contributed by atoms with Crippen molar-refractivity contribution in [3.05, 3.63) is 23.6 Å². The molecule has 0 bridgehead atoms. The van der Waals surface area contributed by atoms with Crippen LogP contribution >= 0.6 is 0 Å². The minimum atomic E-state index is -1.73. The molecule has 0 spiro atoms. The van der Waals surface area contributed by atoms with Gasteiger partial charge in [-0.3, -0.25) is 0 Å². The molecule has 2 heterocycles. The Labute approximate surface area is 139 Å². The lowest BCUT2D eigenvalue weighted by Crippen LogP contribution is -2.42. The molecule has 0 unspecified atom stereocenters. The van der Waals surface area contributed by atoms with E-state index in [0.717, 1.165) is 26.1 Å². The van der Waals surface area contributed by atoms with E-state index in [2.05, 4.69) is 43.7 Å². The molecular weight excluding hydrogens is 309 g/mol. The van der Waals surface area contributed by atoms with Crippen LogP contribution in [0.25, 0.3) is 0 Å². The van der Waals surface area contributed by atoms with Crippen LogP contribution in [0.4, 0.5) is 10.2 Å². The van der Waals surface area contributed by atoms with Crippen molar-refractivity contribution in [1.29, 1.82) is 5.26 Å². The summed E-state index contributed by atoms with van der Waals surface area (Å²) in [5, 5.41) is 8.98. The highest BCUT2D eigenvalue weighted by Gasteiger charge is 2.38. The smallest absolute Gasteiger partial charge is 0.232 e. The first-order chi connectivity index (χ1) is 10.6. The number of nitriles is 1. The summed E-state index contributed by atoms with van der Waals surface area (Å²) in [7, 11) is -1.73. The van der Waals surface area contributed by atoms with E-state index in [1.165, 1.54) is 6.07 Å². The van der Waals surface area contributed by atoms with Gasteiger partial charge in [-0.1, -0.05) is 20.8 Å². The Balaban J connectivity index is 1.94. The second-order valence-electron chi connectivity index (χ2n) is 7.79. The van der Waals surface area contributed by atoms with Gasteiger partial charge in [-0.05, 0) is 36.7 Å². The lowest BCUT2D eigenvalue weighted by Gasteiger charge is -2.37. The molecule has 2 rings (SSSR count). The fourth-order valence-electron chi connectivity index (χ4n) is 2.40. The van der Waals surface area contributed by atoms with Gasteiger partial charge in [-0.15, -0.1) is 0 Å². The second-order valence-corrected chi connectivity index (χ2v) is 12.6. The largest absolute Gasteiger partial charge is 0.416 e. The van der Waals surface area contributed by atoms with Crippen LogP contribution in [0.5, 0.6) is 0 Å². The number of aromatic nitrogens is 1. The number of nitrogens with zero attached hydrogens (tertiary/aromatic N) is 3. The maximum Gasteiger partial charge on any atom is 0.232 e. The van der Waals surface area contributed by atoms with Crippen molar-refractivity contribution in [2.24, 2.45) is 5.92 Å². The Morgan fingerprint density at radius 3 is 2.70 bits per heavy atom. The lowest BCUT2D eigenvalue weighted by atomic mass is 10.1. The van der Waals surface area contributed by atoms with Crippen molar-refractivity contribution in [2.45, 2.75) is 45.3 Å². The van der Waals surface area contributed by atoms with E-state index in [-0.39, 0.29) is 10.6 Å². The first-order valence-corrected chi connectivity index (χ1v) is 11.0. The first kappa shape index (κ1) is 17.9. The van der Waals surface area contributed by atoms with Gasteiger partial charge in [0.15, 0.2) is 8.32 Å². The van der Waals surface area contributed by atoms with E-state index in [0.29, 0.717) is 11.7 Å². The van der Waals surface area contributed by atoms with Crippen molar-refractivity contribution in [3.63, 3.8) is 0 Å². The Morgan fingerprint density at radius 2 is 2.13 bits per heavy atom. The molecule has 0 radical (unpaired) electrons. The standard InChI is InChI=1S/C17H26FN3OSi/c1-17(2,3)23(4,5)22-12-13-8-9-21(11-13)15-7-6-14(10-19)16(18)20-15/h6-7,13H,8-9,11-12H2,1-5H3/t13-/m0/s1. The summed E-state index contributed by atoms with van der Waals surface area (Å²) in [6.07, 6.45) is 1.03. The van der Waals surface area contributed by atoms with E-state index >= 15 is 0 Å². The average Bonchev–Trinajstić information content (AvgIpc) is 2.93. The van der Waals surface area contributed by atoms with Crippen molar-refractivity contribution in [1.82, 2.24) is 4.98 Å². The van der Waals surface area contributed by atoms with Crippen LogP contribution in [-0.4, -0.2) is 33.0 Å². The Kier molecular flexibility index (Phi) is 5.12. The van der Waals surface area contributed by atoms with Crippen LogP contribution in [0.3, 0.4) is 0 Å². The fourth-order valence-corrected chi connectivity index (χ4v) is 3.49. The average molecular weight is 335 g/mol. The van der Waals surface area contributed by atoms with Crippen molar-refractivity contribution < 1.29 is 8.82 Å². The molecule has 23 heavy (non-hydrogen) atoms. The summed E-state index contributed by atoms with van der Waals surface area (Å²) in [6.45, 7) is 13.7. The molecule has 1 aromatic rings. The molecule has 1 saturated heterocycles. The van der Waals surface area contributed by atoms with Crippen LogP contribution in [0, 0.1) is 23.2 Å². The van der Waals surface area contributed by atoms with E-state index in [1.54, 1.807) is 12.1 Å². The van der Waals surface area contributed by atoms with E-state index in [9.17, 15) is 4.39 Å². The zero-order chi connectivity index (χ0) is 17.3. The quantitative estimate of drug-likeness (QED) is 0.618. The number of anilines is 1. The molecule has 1 aromatic heterocycles. The zero-order valence-corrected chi connectivity index (χ0v) is 15.7. The maximum atomic E-state index is 13.7. The Bertz CT molecular complexity index is 607. The predicted octanol–water partition coefficient (Wildman–Crippen LogP) is 3.94. The third-order valence-electron chi connectivity index (χ3n) is 5.05. The summed E-state index contributed by atoms with van der Waals surface area (Å²) in [5.74, 6) is 0.368. The molecule has 1 aliphatic heterocycles. The van der Waals surface area contributed by atoms with Crippen molar-refractivity contribution >= 4 is 14.1 Å². The lowest BCUT2D eigenvalue weighted by molar-refractivity contribution is 0.238. The van der Waals surface area contributed by atoms with Crippen molar-refractivity contribution in [3.8, 4) is 6.07 Å². The second kappa shape index (κ2) is 6.58. The molecule has 0 N–H and O–H groups in total. The number of halogens is 1. The monoisotopic (exact) mass is 335 g/mol. The van der Waals surface area contributed by atoms with Crippen molar-refractivity contribution in [2.75, 3.05) is 24.6 Å². The van der Waals surface area contributed by atoms with Gasteiger partial charge >= 0.3 is 0 Å². The van der Waals surface area contributed by atoms with E-state index < -0.39 is 14.3 Å². The molecule has 1 atom stereocenters. The number of pyridine rings is 1. The molecule has 4 nitrogen and oxygen atoms in total. The van der Waals surface area contributed by atoms with Crippen LogP contribution in [0.1, 0.15) is 32.8 Å². The third kappa shape index (κ3) is 4.09. The summed E-state index contributed by atoms with van der Waals surface area (Å²) >= 11 is 0. The van der Waals surface area contributed by atoms with Gasteiger partial charge < -0.3 is 9.33 Å². The topological polar surface area (TPSA) is 49.1 Å². The number of rotatable bonds is 4. The highest BCUT2D eigenvalue weighted by Crippen LogP contribution is 2.37. The van der Waals surface area contributed by atoms with Crippen LogP contribution < -0.4 is 4.90 Å². The minimum Gasteiger partial charge on any atom is -0.416 e. The normalized spacial score (nSPS) is 19.0. The van der Waals surface area contributed by atoms with Crippen LogP contribution in [0.2, 0.25) is 18.1 Å². The summed E-state index contributed by atoms with van der Waals surface area (Å²) in [6, 6.07) is 5.02. The minimum absolute atomic E-state index is 0.00856. The summed E-state index contributed by atoms with van der Waals surface area (Å²) < 4.78 is 20.0. The third-order valence-corrected chi connectivity index (χ3v) is 9.55. The van der Waals surface area contributed by atoms with Gasteiger partial charge in [-0.25, -0.2) is 4.98 Å². The van der Waals surface area contributed by atoms with Gasteiger partial charge in [0, 0.05) is 25.6 Å². The van der Waals surface area contributed by atoms with Crippen LogP contribution in [-0.2, 0) is 4.43 Å². The van der Waals surface area contributed by atoms with E-state index in [4.69, 9.17) is 9.69 Å². The molecule has 0 aromatic carbocycles. The zero-order valence-electron chi connectivity index (χ0n) is 14.7. The predicted molar refractivity (Wildman–Crippen MR) is 92.4 cm³/mol. The number of hydrogen-bond donors (Lipinski definition) is 0. The molecule has 1 aliphatic rings. The summed E-state index contributed by atoms with van der Waals surface area (Å²) in [4.78, 5) is 5.99. The highest BCUT2D eigenvalue weighted by atomic mass is 28.4. The molecule has 0 amide bonds. The van der Waals surface area contributed by atoms with Gasteiger partial charge in [0.25, 0.3) is 0 Å². The SMILES string of the molecule is CC(C)(C)[Si](C)(C)OC[C@H]1CCN(c2ccc(C#N)c(F)n2)C1. The van der Waals surface area contributed by atoms with Gasteiger partial charge in [0.05, 0.1) is 0 Å². The number of hydrogen-bond acceptors (Lipinski definition) is 4. The van der Waals surface area contributed by atoms with E-state index in [1.807, 2.05) is 0 Å². The Hall–Kier alpha value is -1.45.